The summed E-state index contributed by atoms with van der Waals surface area (Å²) in [5.74, 6) is 0.0107. The maximum absolute atomic E-state index is 12.3. The molecular formula is C18H17N3O2. The van der Waals surface area contributed by atoms with Crippen LogP contribution in [-0.2, 0) is 6.54 Å². The number of hydrogen-bond donors (Lipinski definition) is 1. The number of hydrogen-bond acceptors (Lipinski definition) is 3. The highest BCUT2D eigenvalue weighted by molar-refractivity contribution is 5.94. The van der Waals surface area contributed by atoms with E-state index in [0.29, 0.717) is 17.7 Å². The van der Waals surface area contributed by atoms with Crippen LogP contribution in [0.15, 0.2) is 53.7 Å². The molecule has 0 bridgehead atoms. The third kappa shape index (κ3) is 3.13. The Morgan fingerprint density at radius 3 is 2.48 bits per heavy atom. The Balaban J connectivity index is 1.89. The predicted octanol–water partition coefficient (Wildman–Crippen LogP) is 2.80. The van der Waals surface area contributed by atoms with E-state index in [9.17, 15) is 9.59 Å². The van der Waals surface area contributed by atoms with E-state index in [1.54, 1.807) is 36.8 Å². The highest BCUT2D eigenvalue weighted by Crippen LogP contribution is 2.16. The van der Waals surface area contributed by atoms with Crippen molar-refractivity contribution >= 4 is 5.78 Å². The molecule has 5 heteroatoms. The lowest BCUT2D eigenvalue weighted by Crippen LogP contribution is -2.13. The number of carbonyl (C=O) groups is 1. The van der Waals surface area contributed by atoms with Crippen molar-refractivity contribution in [3.63, 3.8) is 0 Å². The summed E-state index contributed by atoms with van der Waals surface area (Å²) in [5.41, 5.74) is 3.73. The maximum Gasteiger partial charge on any atom is 0.256 e. The van der Waals surface area contributed by atoms with Crippen LogP contribution in [-0.4, -0.2) is 20.3 Å². The number of aryl methyl sites for hydroxylation is 1. The lowest BCUT2D eigenvalue weighted by atomic mass is 10.0. The fourth-order valence-corrected chi connectivity index (χ4v) is 2.45. The van der Waals surface area contributed by atoms with Crippen molar-refractivity contribution in [1.82, 2.24) is 14.5 Å². The third-order valence-electron chi connectivity index (χ3n) is 3.83. The number of pyridine rings is 1. The Bertz CT molecular complexity index is 905. The van der Waals surface area contributed by atoms with E-state index < -0.39 is 0 Å². The molecule has 0 amide bonds. The fraction of sp³-hybridized carbons (Fsp3) is 0.167. The van der Waals surface area contributed by atoms with Crippen LogP contribution in [0.1, 0.15) is 28.7 Å². The number of aromatic nitrogens is 3. The molecule has 0 fully saturated rings. The van der Waals surface area contributed by atoms with E-state index in [-0.39, 0.29) is 11.3 Å². The number of aromatic amines is 1. The summed E-state index contributed by atoms with van der Waals surface area (Å²) in [4.78, 5) is 30.6. The van der Waals surface area contributed by atoms with Crippen LogP contribution in [0.2, 0.25) is 0 Å². The van der Waals surface area contributed by atoms with Gasteiger partial charge in [-0.05, 0) is 31.5 Å². The zero-order valence-electron chi connectivity index (χ0n) is 13.0. The van der Waals surface area contributed by atoms with Gasteiger partial charge in [-0.3, -0.25) is 9.59 Å². The summed E-state index contributed by atoms with van der Waals surface area (Å²) in [6.07, 6.45) is 3.52. The standard InChI is InChI=1S/C18H17N3O2/c1-12-9-19-11-21(12)10-16-7-8-17(18(23)20-16)15-5-3-14(4-6-15)13(2)22/h3-9,11H,10H2,1-2H3,(H,20,23). The highest BCUT2D eigenvalue weighted by Gasteiger charge is 2.07. The molecule has 116 valence electrons. The van der Waals surface area contributed by atoms with Crippen LogP contribution >= 0.6 is 0 Å². The number of imidazole rings is 1. The van der Waals surface area contributed by atoms with Crippen molar-refractivity contribution in [1.29, 1.82) is 0 Å². The minimum atomic E-state index is -0.143. The fourth-order valence-electron chi connectivity index (χ4n) is 2.45. The third-order valence-corrected chi connectivity index (χ3v) is 3.83. The van der Waals surface area contributed by atoms with Gasteiger partial charge in [0.1, 0.15) is 0 Å². The van der Waals surface area contributed by atoms with Gasteiger partial charge in [-0.1, -0.05) is 24.3 Å². The smallest absolute Gasteiger partial charge is 0.256 e. The Hall–Kier alpha value is -2.95. The van der Waals surface area contributed by atoms with Gasteiger partial charge in [0, 0.05) is 28.7 Å². The minimum absolute atomic E-state index is 0.0107. The molecule has 0 saturated heterocycles. The van der Waals surface area contributed by atoms with Crippen LogP contribution in [0.3, 0.4) is 0 Å². The van der Waals surface area contributed by atoms with Crippen LogP contribution in [0, 0.1) is 6.92 Å². The van der Waals surface area contributed by atoms with E-state index in [0.717, 1.165) is 17.0 Å². The van der Waals surface area contributed by atoms with Gasteiger partial charge in [0.25, 0.3) is 5.56 Å². The molecule has 1 N–H and O–H groups in total. The van der Waals surface area contributed by atoms with Crippen molar-refractivity contribution in [2.24, 2.45) is 0 Å². The Kier molecular flexibility index (Phi) is 3.93. The molecule has 0 spiro atoms. The first-order chi connectivity index (χ1) is 11.0. The topological polar surface area (TPSA) is 67.8 Å². The SMILES string of the molecule is CC(=O)c1ccc(-c2ccc(Cn3cncc3C)[nH]c2=O)cc1. The van der Waals surface area contributed by atoms with E-state index >= 15 is 0 Å². The summed E-state index contributed by atoms with van der Waals surface area (Å²) in [6, 6.07) is 10.8. The van der Waals surface area contributed by atoms with Crippen molar-refractivity contribution in [2.75, 3.05) is 0 Å². The van der Waals surface area contributed by atoms with Crippen molar-refractivity contribution in [3.8, 4) is 11.1 Å². The Labute approximate surface area is 133 Å². The normalized spacial score (nSPS) is 10.7. The molecule has 5 nitrogen and oxygen atoms in total. The predicted molar refractivity (Wildman–Crippen MR) is 88.6 cm³/mol. The van der Waals surface area contributed by atoms with E-state index in [4.69, 9.17) is 0 Å². The second-order valence-corrected chi connectivity index (χ2v) is 5.52. The van der Waals surface area contributed by atoms with Gasteiger partial charge < -0.3 is 9.55 Å². The quantitative estimate of drug-likeness (QED) is 0.754. The summed E-state index contributed by atoms with van der Waals surface area (Å²) in [6.45, 7) is 4.06. The molecular weight excluding hydrogens is 290 g/mol. The van der Waals surface area contributed by atoms with E-state index in [2.05, 4.69) is 9.97 Å². The molecule has 0 aliphatic rings. The zero-order chi connectivity index (χ0) is 16.4. The molecule has 2 aromatic heterocycles. The average Bonchev–Trinajstić information content (AvgIpc) is 2.93. The lowest BCUT2D eigenvalue weighted by Gasteiger charge is -2.07. The second kappa shape index (κ2) is 6.04. The second-order valence-electron chi connectivity index (χ2n) is 5.52. The van der Waals surface area contributed by atoms with E-state index in [1.165, 1.54) is 6.92 Å². The maximum atomic E-state index is 12.3. The monoisotopic (exact) mass is 307 g/mol. The van der Waals surface area contributed by atoms with Gasteiger partial charge in [0.05, 0.1) is 12.9 Å². The number of nitrogens with zero attached hydrogens (tertiary/aromatic N) is 2. The van der Waals surface area contributed by atoms with Crippen molar-refractivity contribution in [3.05, 3.63) is 76.2 Å². The average molecular weight is 307 g/mol. The molecule has 3 rings (SSSR count). The molecule has 0 saturated carbocycles. The number of Topliss-reactive ketones (excluding diaryl/α,β-unsaturated/α-hetero) is 1. The van der Waals surface area contributed by atoms with Gasteiger partial charge in [0.15, 0.2) is 5.78 Å². The molecule has 1 aromatic carbocycles. The van der Waals surface area contributed by atoms with Crippen molar-refractivity contribution in [2.45, 2.75) is 20.4 Å². The van der Waals surface area contributed by atoms with Crippen LogP contribution in [0.5, 0.6) is 0 Å². The van der Waals surface area contributed by atoms with E-state index in [1.807, 2.05) is 23.6 Å². The van der Waals surface area contributed by atoms with Gasteiger partial charge >= 0.3 is 0 Å². The molecule has 0 atom stereocenters. The van der Waals surface area contributed by atoms with Crippen LogP contribution < -0.4 is 5.56 Å². The Morgan fingerprint density at radius 1 is 1.17 bits per heavy atom. The number of ketones is 1. The summed E-state index contributed by atoms with van der Waals surface area (Å²) < 4.78 is 1.96. The number of H-pyrrole nitrogens is 1. The molecule has 23 heavy (non-hydrogen) atoms. The van der Waals surface area contributed by atoms with Gasteiger partial charge in [-0.25, -0.2) is 4.98 Å². The van der Waals surface area contributed by atoms with Crippen LogP contribution in [0.4, 0.5) is 0 Å². The molecule has 2 heterocycles. The first kappa shape index (κ1) is 15.0. The van der Waals surface area contributed by atoms with Crippen LogP contribution in [0.25, 0.3) is 11.1 Å². The number of rotatable bonds is 4. The molecule has 0 aliphatic heterocycles. The van der Waals surface area contributed by atoms with Crippen molar-refractivity contribution < 1.29 is 4.79 Å². The van der Waals surface area contributed by atoms with Gasteiger partial charge in [-0.15, -0.1) is 0 Å². The lowest BCUT2D eigenvalue weighted by molar-refractivity contribution is 0.101. The number of benzene rings is 1. The zero-order valence-corrected chi connectivity index (χ0v) is 13.0. The first-order valence-electron chi connectivity index (χ1n) is 7.35. The van der Waals surface area contributed by atoms with Gasteiger partial charge in [0.2, 0.25) is 0 Å². The molecule has 0 unspecified atom stereocenters. The van der Waals surface area contributed by atoms with Gasteiger partial charge in [-0.2, -0.15) is 0 Å². The molecule has 3 aromatic rings. The molecule has 0 aliphatic carbocycles. The number of carbonyl (C=O) groups excluding carboxylic acids is 1. The minimum Gasteiger partial charge on any atom is -0.329 e. The number of nitrogens with one attached hydrogen (secondary N) is 1. The Morgan fingerprint density at radius 2 is 1.91 bits per heavy atom. The summed E-state index contributed by atoms with van der Waals surface area (Å²) in [7, 11) is 0. The molecule has 0 radical (unpaired) electrons. The first-order valence-corrected chi connectivity index (χ1v) is 7.35. The largest absolute Gasteiger partial charge is 0.329 e. The summed E-state index contributed by atoms with van der Waals surface area (Å²) in [5, 5.41) is 0. The summed E-state index contributed by atoms with van der Waals surface area (Å²) >= 11 is 0. The highest BCUT2D eigenvalue weighted by atomic mass is 16.1.